The molecule has 1 aliphatic rings. The van der Waals surface area contributed by atoms with Gasteiger partial charge in [0.15, 0.2) is 0 Å². The summed E-state index contributed by atoms with van der Waals surface area (Å²) in [5.74, 6) is 0.917. The Labute approximate surface area is 170 Å². The lowest BCUT2D eigenvalue weighted by atomic mass is 10.0. The Balaban J connectivity index is 1.75. The van der Waals surface area contributed by atoms with Gasteiger partial charge in [0.25, 0.3) is 0 Å². The van der Waals surface area contributed by atoms with Gasteiger partial charge in [0.05, 0.1) is 12.8 Å². The molecule has 5 nitrogen and oxygen atoms in total. The van der Waals surface area contributed by atoms with Crippen LogP contribution in [0.25, 0.3) is 0 Å². The third-order valence-corrected chi connectivity index (χ3v) is 4.99. The summed E-state index contributed by atoms with van der Waals surface area (Å²) in [7, 11) is 1.61. The second-order valence-electron chi connectivity index (χ2n) is 6.83. The number of benzene rings is 3. The number of para-hydroxylation sites is 3. The van der Waals surface area contributed by atoms with E-state index in [9.17, 15) is 4.79 Å². The Kier molecular flexibility index (Phi) is 5.56. The maximum absolute atomic E-state index is 13.4. The topological polar surface area (TPSA) is 53.9 Å². The molecule has 0 radical (unpaired) electrons. The van der Waals surface area contributed by atoms with Crippen LogP contribution in [0.3, 0.4) is 0 Å². The van der Waals surface area contributed by atoms with Crippen molar-refractivity contribution in [1.29, 1.82) is 0 Å². The number of aryl methyl sites for hydroxylation is 1. The Hall–Kier alpha value is -3.60. The number of nitrogens with one attached hydrogen (secondary N) is 1. The van der Waals surface area contributed by atoms with Gasteiger partial charge < -0.3 is 9.64 Å². The molecule has 146 valence electrons. The number of ether oxygens (including phenoxy) is 1. The number of hydrogen-bond acceptors (Lipinski definition) is 4. The summed E-state index contributed by atoms with van der Waals surface area (Å²) in [4.78, 5) is 15.4. The average Bonchev–Trinajstić information content (AvgIpc) is 2.80. The predicted octanol–water partition coefficient (Wildman–Crippen LogP) is 4.76. The largest absolute Gasteiger partial charge is 0.495 e. The van der Waals surface area contributed by atoms with Gasteiger partial charge in [-0.25, -0.2) is 0 Å². The number of rotatable bonds is 5. The van der Waals surface area contributed by atoms with Gasteiger partial charge in [-0.15, -0.1) is 0 Å². The number of hydrazone groups is 1. The van der Waals surface area contributed by atoms with Gasteiger partial charge in [0, 0.05) is 17.8 Å². The molecule has 0 aromatic heterocycles. The first-order chi connectivity index (χ1) is 14.3. The van der Waals surface area contributed by atoms with E-state index in [4.69, 9.17) is 4.74 Å². The van der Waals surface area contributed by atoms with E-state index in [1.165, 1.54) is 5.56 Å². The van der Waals surface area contributed by atoms with E-state index < -0.39 is 0 Å². The molecule has 0 amide bonds. The number of ketones is 1. The number of hydrogen-bond donors (Lipinski definition) is 1. The van der Waals surface area contributed by atoms with Gasteiger partial charge in [-0.05, 0) is 36.6 Å². The molecule has 3 aromatic carbocycles. The van der Waals surface area contributed by atoms with E-state index in [2.05, 4.69) is 16.6 Å². The zero-order valence-corrected chi connectivity index (χ0v) is 16.3. The van der Waals surface area contributed by atoms with Crippen LogP contribution < -0.4 is 15.1 Å². The first kappa shape index (κ1) is 18.7. The smallest absolute Gasteiger partial charge is 0.230 e. The molecule has 0 atom stereocenters. The van der Waals surface area contributed by atoms with Crippen molar-refractivity contribution < 1.29 is 9.53 Å². The predicted molar refractivity (Wildman–Crippen MR) is 117 cm³/mol. The minimum Gasteiger partial charge on any atom is -0.495 e. The summed E-state index contributed by atoms with van der Waals surface area (Å²) in [6, 6.07) is 25.0. The Morgan fingerprint density at radius 2 is 1.69 bits per heavy atom. The number of anilines is 2. The van der Waals surface area contributed by atoms with Crippen molar-refractivity contribution >= 4 is 23.0 Å². The van der Waals surface area contributed by atoms with Crippen LogP contribution in [-0.4, -0.2) is 25.3 Å². The fourth-order valence-corrected chi connectivity index (χ4v) is 3.56. The highest BCUT2D eigenvalue weighted by Gasteiger charge is 2.26. The third-order valence-electron chi connectivity index (χ3n) is 4.99. The average molecular weight is 385 g/mol. The fourth-order valence-electron chi connectivity index (χ4n) is 3.56. The molecule has 29 heavy (non-hydrogen) atoms. The van der Waals surface area contributed by atoms with Crippen LogP contribution >= 0.6 is 0 Å². The summed E-state index contributed by atoms with van der Waals surface area (Å²) in [5, 5.41) is 4.56. The second kappa shape index (κ2) is 8.61. The van der Waals surface area contributed by atoms with Crippen LogP contribution in [0.4, 0.5) is 11.4 Å². The summed E-state index contributed by atoms with van der Waals surface area (Å²) >= 11 is 0. The highest BCUT2D eigenvalue weighted by Crippen LogP contribution is 2.28. The molecule has 0 spiro atoms. The van der Waals surface area contributed by atoms with E-state index in [-0.39, 0.29) is 5.78 Å². The number of amidine groups is 1. The SMILES string of the molecule is COc1ccccc1N/N=C(\C(=O)c1ccccc1)N1CCCc2ccccc21. The molecular weight excluding hydrogens is 362 g/mol. The number of methoxy groups -OCH3 is 1. The van der Waals surface area contributed by atoms with Crippen molar-refractivity contribution in [2.45, 2.75) is 12.8 Å². The lowest BCUT2D eigenvalue weighted by molar-refractivity contribution is 0.106. The molecule has 1 heterocycles. The molecule has 4 rings (SSSR count). The van der Waals surface area contributed by atoms with Crippen LogP contribution in [0.1, 0.15) is 22.3 Å². The van der Waals surface area contributed by atoms with Gasteiger partial charge in [-0.1, -0.05) is 60.7 Å². The number of Topliss-reactive ketones (excluding diaryl/α,β-unsaturated/α-hetero) is 1. The first-order valence-corrected chi connectivity index (χ1v) is 9.70. The van der Waals surface area contributed by atoms with Crippen molar-refractivity contribution in [1.82, 2.24) is 0 Å². The molecule has 3 aromatic rings. The summed E-state index contributed by atoms with van der Waals surface area (Å²) in [5.41, 5.74) is 6.62. The van der Waals surface area contributed by atoms with Gasteiger partial charge in [0.2, 0.25) is 11.6 Å². The number of fused-ring (bicyclic) bond motifs is 1. The van der Waals surface area contributed by atoms with Crippen LogP contribution in [0, 0.1) is 0 Å². The Morgan fingerprint density at radius 3 is 2.52 bits per heavy atom. The first-order valence-electron chi connectivity index (χ1n) is 9.70. The van der Waals surface area contributed by atoms with Gasteiger partial charge in [0.1, 0.15) is 5.75 Å². The zero-order chi connectivity index (χ0) is 20.1. The molecule has 1 aliphatic heterocycles. The second-order valence-corrected chi connectivity index (χ2v) is 6.83. The molecule has 1 N–H and O–H groups in total. The number of nitrogens with zero attached hydrogens (tertiary/aromatic N) is 2. The monoisotopic (exact) mass is 385 g/mol. The van der Waals surface area contributed by atoms with Crippen molar-refractivity contribution in [3.63, 3.8) is 0 Å². The molecular formula is C24H23N3O2. The summed E-state index contributed by atoms with van der Waals surface area (Å²) in [6.07, 6.45) is 1.96. The maximum atomic E-state index is 13.4. The van der Waals surface area contributed by atoms with E-state index in [1.807, 2.05) is 77.7 Å². The molecule has 0 saturated carbocycles. The van der Waals surface area contributed by atoms with Crippen molar-refractivity contribution in [2.75, 3.05) is 24.0 Å². The molecule has 0 aliphatic carbocycles. The summed E-state index contributed by atoms with van der Waals surface area (Å²) < 4.78 is 5.39. The van der Waals surface area contributed by atoms with Crippen molar-refractivity contribution in [2.24, 2.45) is 5.10 Å². The lowest BCUT2D eigenvalue weighted by Gasteiger charge is -2.31. The number of carbonyl (C=O) groups excluding carboxylic acids is 1. The van der Waals surface area contributed by atoms with E-state index in [0.29, 0.717) is 22.8 Å². The Bertz CT molecular complexity index is 1030. The summed E-state index contributed by atoms with van der Waals surface area (Å²) in [6.45, 7) is 0.738. The quantitative estimate of drug-likeness (QED) is 0.298. The fraction of sp³-hybridized carbons (Fsp3) is 0.167. The normalized spacial score (nSPS) is 13.6. The van der Waals surface area contributed by atoms with Gasteiger partial charge in [-0.3, -0.25) is 10.2 Å². The third kappa shape index (κ3) is 3.99. The molecule has 0 unspecified atom stereocenters. The standard InChI is InChI=1S/C24H23N3O2/c1-29-22-16-8-6-14-20(22)25-26-24(23(28)19-11-3-2-4-12-19)27-17-9-13-18-10-5-7-15-21(18)27/h2-8,10-12,14-16,25H,9,13,17H2,1H3/b26-24+. The van der Waals surface area contributed by atoms with Crippen molar-refractivity contribution in [3.8, 4) is 5.75 Å². The zero-order valence-electron chi connectivity index (χ0n) is 16.3. The van der Waals surface area contributed by atoms with Crippen LogP contribution in [0.15, 0.2) is 84.0 Å². The molecule has 0 fully saturated rings. The van der Waals surface area contributed by atoms with Crippen molar-refractivity contribution in [3.05, 3.63) is 90.0 Å². The molecule has 0 bridgehead atoms. The highest BCUT2D eigenvalue weighted by atomic mass is 16.5. The van der Waals surface area contributed by atoms with Gasteiger partial charge in [-0.2, -0.15) is 5.10 Å². The highest BCUT2D eigenvalue weighted by molar-refractivity contribution is 6.49. The van der Waals surface area contributed by atoms with Crippen LogP contribution in [-0.2, 0) is 6.42 Å². The Morgan fingerprint density at radius 1 is 0.966 bits per heavy atom. The van der Waals surface area contributed by atoms with Gasteiger partial charge >= 0.3 is 0 Å². The van der Waals surface area contributed by atoms with E-state index >= 15 is 0 Å². The minimum atomic E-state index is -0.121. The number of carbonyl (C=O) groups is 1. The molecule has 0 saturated heterocycles. The molecule has 5 heteroatoms. The van der Waals surface area contributed by atoms with E-state index in [0.717, 1.165) is 25.1 Å². The lowest BCUT2D eigenvalue weighted by Crippen LogP contribution is -2.41. The van der Waals surface area contributed by atoms with Crippen LogP contribution in [0.5, 0.6) is 5.75 Å². The maximum Gasteiger partial charge on any atom is 0.230 e. The van der Waals surface area contributed by atoms with E-state index in [1.54, 1.807) is 7.11 Å². The van der Waals surface area contributed by atoms with Crippen LogP contribution in [0.2, 0.25) is 0 Å². The minimum absolute atomic E-state index is 0.121.